The van der Waals surface area contributed by atoms with Gasteiger partial charge in [-0.3, -0.25) is 9.59 Å². The van der Waals surface area contributed by atoms with Gasteiger partial charge < -0.3 is 19.9 Å². The van der Waals surface area contributed by atoms with E-state index >= 15 is 0 Å². The van der Waals surface area contributed by atoms with Crippen LogP contribution in [0.4, 0.5) is 0 Å². The Balaban J connectivity index is 1.70. The highest BCUT2D eigenvalue weighted by molar-refractivity contribution is 5.79. The average Bonchev–Trinajstić information content (AvgIpc) is 2.41. The van der Waals surface area contributed by atoms with Crippen LogP contribution in [0, 0.1) is 0 Å². The molecule has 6 nitrogen and oxygen atoms in total. The van der Waals surface area contributed by atoms with Gasteiger partial charge in [0.25, 0.3) is 0 Å². The Morgan fingerprint density at radius 3 is 2.83 bits per heavy atom. The van der Waals surface area contributed by atoms with Gasteiger partial charge in [0.05, 0.1) is 19.8 Å². The molecule has 102 valence electrons. The van der Waals surface area contributed by atoms with E-state index in [9.17, 15) is 9.59 Å². The Kier molecular flexibility index (Phi) is 4.54. The topological polar surface area (TPSA) is 61.9 Å². The maximum absolute atomic E-state index is 11.9. The fourth-order valence-corrected chi connectivity index (χ4v) is 2.34. The standard InChI is InChI=1S/C12H21N3O3/c1-14-9-10(2-3-11(14)16)13-8-12(17)15-4-6-18-7-5-15/h10,13H,2-9H2,1H3. The summed E-state index contributed by atoms with van der Waals surface area (Å²) in [6, 6.07) is 0.234. The fourth-order valence-electron chi connectivity index (χ4n) is 2.34. The molecule has 2 rings (SSSR count). The number of likely N-dealkylation sites (N-methyl/N-ethyl adjacent to an activating group) is 1. The van der Waals surface area contributed by atoms with Crippen LogP contribution in [-0.2, 0) is 14.3 Å². The normalized spacial score (nSPS) is 25.4. The highest BCUT2D eigenvalue weighted by Crippen LogP contribution is 2.09. The zero-order valence-corrected chi connectivity index (χ0v) is 10.9. The lowest BCUT2D eigenvalue weighted by atomic mass is 10.1. The molecule has 0 aromatic rings. The second kappa shape index (κ2) is 6.15. The van der Waals surface area contributed by atoms with Gasteiger partial charge in [-0.1, -0.05) is 0 Å². The summed E-state index contributed by atoms with van der Waals surface area (Å²) in [5.74, 6) is 0.311. The van der Waals surface area contributed by atoms with Gasteiger partial charge in [-0.2, -0.15) is 0 Å². The van der Waals surface area contributed by atoms with Crippen LogP contribution >= 0.6 is 0 Å². The smallest absolute Gasteiger partial charge is 0.236 e. The summed E-state index contributed by atoms with van der Waals surface area (Å²) in [7, 11) is 1.81. The second-order valence-electron chi connectivity index (χ2n) is 4.88. The fraction of sp³-hybridized carbons (Fsp3) is 0.833. The lowest BCUT2D eigenvalue weighted by Gasteiger charge is -2.31. The monoisotopic (exact) mass is 255 g/mol. The van der Waals surface area contributed by atoms with Crippen molar-refractivity contribution >= 4 is 11.8 Å². The number of rotatable bonds is 3. The zero-order valence-electron chi connectivity index (χ0n) is 10.9. The molecule has 0 bridgehead atoms. The molecule has 1 unspecified atom stereocenters. The van der Waals surface area contributed by atoms with Gasteiger partial charge in [0.1, 0.15) is 0 Å². The summed E-state index contributed by atoms with van der Waals surface area (Å²) in [5, 5.41) is 3.24. The number of amides is 2. The predicted octanol–water partition coefficient (Wildman–Crippen LogP) is -0.944. The van der Waals surface area contributed by atoms with E-state index in [-0.39, 0.29) is 17.9 Å². The first-order valence-electron chi connectivity index (χ1n) is 6.49. The summed E-state index contributed by atoms with van der Waals surface area (Å²) in [5.41, 5.74) is 0. The Labute approximate surface area is 107 Å². The van der Waals surface area contributed by atoms with E-state index in [4.69, 9.17) is 4.74 Å². The molecule has 2 heterocycles. The minimum Gasteiger partial charge on any atom is -0.378 e. The number of hydrogen-bond acceptors (Lipinski definition) is 4. The minimum atomic E-state index is 0.123. The highest BCUT2D eigenvalue weighted by Gasteiger charge is 2.24. The number of morpholine rings is 1. The quantitative estimate of drug-likeness (QED) is 0.707. The Bertz CT molecular complexity index is 316. The van der Waals surface area contributed by atoms with Gasteiger partial charge in [0, 0.05) is 39.1 Å². The van der Waals surface area contributed by atoms with Crippen molar-refractivity contribution in [3.8, 4) is 0 Å². The van der Waals surface area contributed by atoms with E-state index in [0.29, 0.717) is 45.8 Å². The van der Waals surface area contributed by atoms with Crippen LogP contribution in [0.3, 0.4) is 0 Å². The molecule has 0 aliphatic carbocycles. The summed E-state index contributed by atoms with van der Waals surface area (Å²) in [4.78, 5) is 26.8. The number of carbonyl (C=O) groups is 2. The molecule has 1 N–H and O–H groups in total. The molecule has 0 radical (unpaired) electrons. The summed E-state index contributed by atoms with van der Waals surface area (Å²) in [6.45, 7) is 3.67. The first kappa shape index (κ1) is 13.3. The Morgan fingerprint density at radius 1 is 1.44 bits per heavy atom. The van der Waals surface area contributed by atoms with E-state index in [2.05, 4.69) is 5.32 Å². The molecule has 0 aromatic carbocycles. The first-order chi connectivity index (χ1) is 8.66. The van der Waals surface area contributed by atoms with Gasteiger partial charge in [0.15, 0.2) is 0 Å². The molecular weight excluding hydrogens is 234 g/mol. The van der Waals surface area contributed by atoms with Crippen LogP contribution in [0.25, 0.3) is 0 Å². The Hall–Kier alpha value is -1.14. The van der Waals surface area contributed by atoms with Crippen LogP contribution in [-0.4, -0.2) is 74.1 Å². The van der Waals surface area contributed by atoms with E-state index in [0.717, 1.165) is 6.42 Å². The van der Waals surface area contributed by atoms with Crippen molar-refractivity contribution in [3.63, 3.8) is 0 Å². The molecule has 0 saturated carbocycles. The van der Waals surface area contributed by atoms with Gasteiger partial charge in [-0.15, -0.1) is 0 Å². The molecule has 18 heavy (non-hydrogen) atoms. The number of nitrogens with one attached hydrogen (secondary N) is 1. The maximum atomic E-state index is 11.9. The Morgan fingerprint density at radius 2 is 2.17 bits per heavy atom. The van der Waals surface area contributed by atoms with Crippen molar-refractivity contribution in [2.45, 2.75) is 18.9 Å². The molecule has 6 heteroatoms. The lowest BCUT2D eigenvalue weighted by molar-refractivity contribution is -0.134. The van der Waals surface area contributed by atoms with Crippen LogP contribution in [0.2, 0.25) is 0 Å². The summed E-state index contributed by atoms with van der Waals surface area (Å²) in [6.07, 6.45) is 1.39. The van der Waals surface area contributed by atoms with Gasteiger partial charge in [-0.25, -0.2) is 0 Å². The van der Waals surface area contributed by atoms with Crippen molar-refractivity contribution < 1.29 is 14.3 Å². The molecule has 2 saturated heterocycles. The van der Waals surface area contributed by atoms with Crippen molar-refractivity contribution in [2.24, 2.45) is 0 Å². The van der Waals surface area contributed by atoms with Crippen molar-refractivity contribution in [2.75, 3.05) is 46.4 Å². The van der Waals surface area contributed by atoms with E-state index in [1.54, 1.807) is 11.9 Å². The van der Waals surface area contributed by atoms with Crippen molar-refractivity contribution in [1.82, 2.24) is 15.1 Å². The SMILES string of the molecule is CN1CC(NCC(=O)N2CCOCC2)CCC1=O. The number of nitrogens with zero attached hydrogens (tertiary/aromatic N) is 2. The molecule has 2 amide bonds. The third kappa shape index (κ3) is 3.43. The second-order valence-corrected chi connectivity index (χ2v) is 4.88. The molecule has 0 spiro atoms. The number of carbonyl (C=O) groups excluding carboxylic acids is 2. The lowest BCUT2D eigenvalue weighted by Crippen LogP contribution is -2.51. The van der Waals surface area contributed by atoms with Crippen LogP contribution in [0.5, 0.6) is 0 Å². The van der Waals surface area contributed by atoms with Gasteiger partial charge in [-0.05, 0) is 6.42 Å². The summed E-state index contributed by atoms with van der Waals surface area (Å²) < 4.78 is 5.21. The number of hydrogen-bond donors (Lipinski definition) is 1. The number of piperidine rings is 1. The van der Waals surface area contributed by atoms with Gasteiger partial charge >= 0.3 is 0 Å². The molecule has 2 fully saturated rings. The molecule has 2 aliphatic heterocycles. The van der Waals surface area contributed by atoms with Crippen molar-refractivity contribution in [3.05, 3.63) is 0 Å². The molecular formula is C12H21N3O3. The zero-order chi connectivity index (χ0) is 13.0. The molecule has 1 atom stereocenters. The van der Waals surface area contributed by atoms with Crippen molar-refractivity contribution in [1.29, 1.82) is 0 Å². The maximum Gasteiger partial charge on any atom is 0.236 e. The molecule has 0 aromatic heterocycles. The third-order valence-corrected chi connectivity index (χ3v) is 3.53. The first-order valence-corrected chi connectivity index (χ1v) is 6.49. The van der Waals surface area contributed by atoms with E-state index < -0.39 is 0 Å². The minimum absolute atomic E-state index is 0.123. The number of ether oxygens (including phenoxy) is 1. The largest absolute Gasteiger partial charge is 0.378 e. The van der Waals surface area contributed by atoms with Crippen LogP contribution < -0.4 is 5.32 Å². The van der Waals surface area contributed by atoms with Crippen LogP contribution in [0.1, 0.15) is 12.8 Å². The van der Waals surface area contributed by atoms with Crippen LogP contribution in [0.15, 0.2) is 0 Å². The van der Waals surface area contributed by atoms with E-state index in [1.165, 1.54) is 0 Å². The number of likely N-dealkylation sites (tertiary alicyclic amines) is 1. The predicted molar refractivity (Wildman–Crippen MR) is 66.1 cm³/mol. The average molecular weight is 255 g/mol. The highest BCUT2D eigenvalue weighted by atomic mass is 16.5. The van der Waals surface area contributed by atoms with E-state index in [1.807, 2.05) is 4.90 Å². The molecule has 2 aliphatic rings. The van der Waals surface area contributed by atoms with Gasteiger partial charge in [0.2, 0.25) is 11.8 Å². The summed E-state index contributed by atoms with van der Waals surface area (Å²) >= 11 is 0. The third-order valence-electron chi connectivity index (χ3n) is 3.53.